The van der Waals surface area contributed by atoms with Crippen LogP contribution in [0, 0.1) is 0 Å². The Hall–Kier alpha value is -2.34. The zero-order valence-electron chi connectivity index (χ0n) is 16.7. The number of esters is 1. The summed E-state index contributed by atoms with van der Waals surface area (Å²) < 4.78 is 11.1. The molecule has 1 heterocycles. The Morgan fingerprint density at radius 1 is 1.18 bits per heavy atom. The molecule has 0 unspecified atom stereocenters. The minimum absolute atomic E-state index is 0.268. The number of carbonyl (C=O) groups excluding carboxylic acids is 2. The van der Waals surface area contributed by atoms with E-state index in [0.717, 1.165) is 43.2 Å². The lowest BCUT2D eigenvalue weighted by atomic mass is 9.95. The third-order valence-electron chi connectivity index (χ3n) is 4.91. The summed E-state index contributed by atoms with van der Waals surface area (Å²) >= 11 is 1.49. The summed E-state index contributed by atoms with van der Waals surface area (Å²) in [4.78, 5) is 26.5. The van der Waals surface area contributed by atoms with Crippen molar-refractivity contribution in [3.63, 3.8) is 0 Å². The second kappa shape index (κ2) is 9.24. The zero-order chi connectivity index (χ0) is 20.1. The van der Waals surface area contributed by atoms with E-state index in [-0.39, 0.29) is 11.9 Å². The van der Waals surface area contributed by atoms with Gasteiger partial charge in [-0.15, -0.1) is 11.3 Å². The summed E-state index contributed by atoms with van der Waals surface area (Å²) in [5.74, 6) is 0.0842. The van der Waals surface area contributed by atoms with Gasteiger partial charge in [0.15, 0.2) is 6.10 Å². The van der Waals surface area contributed by atoms with Crippen LogP contribution in [0.1, 0.15) is 60.0 Å². The lowest BCUT2D eigenvalue weighted by molar-refractivity contribution is -0.122. The maximum Gasteiger partial charge on any atom is 0.341 e. The maximum atomic E-state index is 12.8. The number of nitrogens with one attached hydrogen (secondary N) is 1. The van der Waals surface area contributed by atoms with Crippen molar-refractivity contribution < 1.29 is 19.1 Å². The maximum absolute atomic E-state index is 12.8. The number of ether oxygens (including phenoxy) is 2. The van der Waals surface area contributed by atoms with Gasteiger partial charge in [0.2, 0.25) is 0 Å². The molecule has 6 heteroatoms. The van der Waals surface area contributed by atoms with E-state index < -0.39 is 6.10 Å². The number of fused-ring (bicyclic) bond motifs is 1. The largest absolute Gasteiger partial charge is 0.481 e. The highest BCUT2D eigenvalue weighted by Crippen LogP contribution is 2.38. The number of amides is 1. The van der Waals surface area contributed by atoms with E-state index in [4.69, 9.17) is 9.47 Å². The van der Waals surface area contributed by atoms with Crippen LogP contribution in [0.3, 0.4) is 0 Å². The van der Waals surface area contributed by atoms with E-state index in [1.165, 1.54) is 16.2 Å². The first kappa shape index (κ1) is 20.4. The number of carbonyl (C=O) groups is 2. The van der Waals surface area contributed by atoms with Crippen molar-refractivity contribution >= 4 is 28.2 Å². The van der Waals surface area contributed by atoms with Gasteiger partial charge in [0.1, 0.15) is 10.8 Å². The smallest absolute Gasteiger partial charge is 0.341 e. The number of hydrogen-bond donors (Lipinski definition) is 1. The average Bonchev–Trinajstić information content (AvgIpc) is 3.06. The van der Waals surface area contributed by atoms with Gasteiger partial charge in [-0.05, 0) is 63.1 Å². The number of hydrogen-bond acceptors (Lipinski definition) is 5. The van der Waals surface area contributed by atoms with Gasteiger partial charge in [-0.25, -0.2) is 4.79 Å². The second-order valence-electron chi connectivity index (χ2n) is 6.85. The Kier molecular flexibility index (Phi) is 6.73. The molecule has 2 aromatic rings. The number of aryl methyl sites for hydroxylation is 2. The summed E-state index contributed by atoms with van der Waals surface area (Å²) in [5.41, 5.74) is 2.62. The molecule has 0 bridgehead atoms. The van der Waals surface area contributed by atoms with E-state index in [9.17, 15) is 9.59 Å². The van der Waals surface area contributed by atoms with Crippen molar-refractivity contribution in [2.24, 2.45) is 0 Å². The first-order valence-electron chi connectivity index (χ1n) is 9.92. The van der Waals surface area contributed by atoms with Crippen LogP contribution >= 0.6 is 11.3 Å². The molecule has 0 saturated carbocycles. The van der Waals surface area contributed by atoms with Crippen molar-refractivity contribution in [3.05, 3.63) is 45.8 Å². The number of anilines is 1. The van der Waals surface area contributed by atoms with Gasteiger partial charge in [0, 0.05) is 4.88 Å². The number of thiophene rings is 1. The molecule has 28 heavy (non-hydrogen) atoms. The van der Waals surface area contributed by atoms with Crippen molar-refractivity contribution in [2.45, 2.75) is 59.0 Å². The summed E-state index contributed by atoms with van der Waals surface area (Å²) in [5, 5.41) is 3.50. The van der Waals surface area contributed by atoms with Gasteiger partial charge in [-0.3, -0.25) is 4.79 Å². The highest BCUT2D eigenvalue weighted by molar-refractivity contribution is 7.17. The molecule has 0 saturated heterocycles. The molecule has 1 aliphatic rings. The molecule has 3 rings (SSSR count). The lowest BCUT2D eigenvalue weighted by Gasteiger charge is -2.17. The minimum Gasteiger partial charge on any atom is -0.481 e. The van der Waals surface area contributed by atoms with Crippen LogP contribution in [0.5, 0.6) is 5.75 Å². The Morgan fingerprint density at radius 3 is 2.68 bits per heavy atom. The van der Waals surface area contributed by atoms with Crippen LogP contribution in [-0.4, -0.2) is 24.6 Å². The van der Waals surface area contributed by atoms with Crippen LogP contribution in [0.15, 0.2) is 24.3 Å². The molecule has 1 aliphatic carbocycles. The number of rotatable bonds is 7. The lowest BCUT2D eigenvalue weighted by Crippen LogP contribution is -2.30. The van der Waals surface area contributed by atoms with E-state index in [1.807, 2.05) is 24.3 Å². The molecule has 0 aliphatic heterocycles. The first-order chi connectivity index (χ1) is 13.5. The molecule has 5 nitrogen and oxygen atoms in total. The van der Waals surface area contributed by atoms with Gasteiger partial charge >= 0.3 is 5.97 Å². The van der Waals surface area contributed by atoms with Crippen molar-refractivity contribution in [1.82, 2.24) is 0 Å². The zero-order valence-corrected chi connectivity index (χ0v) is 17.5. The van der Waals surface area contributed by atoms with Crippen molar-refractivity contribution in [3.8, 4) is 5.75 Å². The molecule has 1 aromatic carbocycles. The van der Waals surface area contributed by atoms with Crippen LogP contribution in [0.2, 0.25) is 0 Å². The van der Waals surface area contributed by atoms with E-state index in [1.54, 1.807) is 13.8 Å². The SMILES string of the molecule is CCOC(=O)c1c(NC(=O)[C@@H](C)Oc2ccccc2CC)sc2c1CCCC2. The van der Waals surface area contributed by atoms with Gasteiger partial charge in [-0.1, -0.05) is 25.1 Å². The fraction of sp³-hybridized carbons (Fsp3) is 0.455. The normalized spacial score (nSPS) is 14.1. The van der Waals surface area contributed by atoms with Gasteiger partial charge in [-0.2, -0.15) is 0 Å². The molecule has 1 atom stereocenters. The fourth-order valence-corrected chi connectivity index (χ4v) is 4.72. The standard InChI is InChI=1S/C22H27NO4S/c1-4-15-10-6-8-12-17(15)27-14(3)20(24)23-21-19(22(25)26-5-2)16-11-7-9-13-18(16)28-21/h6,8,10,12,14H,4-5,7,9,11,13H2,1-3H3,(H,23,24)/t14-/m1/s1. The fourth-order valence-electron chi connectivity index (χ4n) is 3.44. The molecule has 1 aromatic heterocycles. The van der Waals surface area contributed by atoms with Crippen LogP contribution < -0.4 is 10.1 Å². The monoisotopic (exact) mass is 401 g/mol. The van der Waals surface area contributed by atoms with E-state index in [0.29, 0.717) is 22.9 Å². The van der Waals surface area contributed by atoms with Gasteiger partial charge in [0.05, 0.1) is 12.2 Å². The Bertz CT molecular complexity index is 858. The molecular formula is C22H27NO4S. The predicted octanol–water partition coefficient (Wildman–Crippen LogP) is 4.77. The Balaban J connectivity index is 1.79. The van der Waals surface area contributed by atoms with Crippen LogP contribution in [0.4, 0.5) is 5.00 Å². The molecule has 0 fully saturated rings. The molecule has 1 amide bonds. The van der Waals surface area contributed by atoms with E-state index in [2.05, 4.69) is 12.2 Å². The highest BCUT2D eigenvalue weighted by Gasteiger charge is 2.28. The Labute approximate surface area is 170 Å². The molecule has 1 N–H and O–H groups in total. The van der Waals surface area contributed by atoms with E-state index >= 15 is 0 Å². The summed E-state index contributed by atoms with van der Waals surface area (Å²) in [6, 6.07) is 7.71. The summed E-state index contributed by atoms with van der Waals surface area (Å²) in [6.45, 7) is 5.87. The molecule has 150 valence electrons. The van der Waals surface area contributed by atoms with Crippen LogP contribution in [-0.2, 0) is 28.8 Å². The third-order valence-corrected chi connectivity index (χ3v) is 6.12. The van der Waals surface area contributed by atoms with Gasteiger partial charge in [0.25, 0.3) is 5.91 Å². The number of para-hydroxylation sites is 1. The predicted molar refractivity (Wildman–Crippen MR) is 111 cm³/mol. The molecule has 0 radical (unpaired) electrons. The van der Waals surface area contributed by atoms with Crippen molar-refractivity contribution in [2.75, 3.05) is 11.9 Å². The topological polar surface area (TPSA) is 64.6 Å². The Morgan fingerprint density at radius 2 is 1.93 bits per heavy atom. The molecular weight excluding hydrogens is 374 g/mol. The summed E-state index contributed by atoms with van der Waals surface area (Å²) in [6.07, 6.45) is 4.11. The minimum atomic E-state index is -0.679. The first-order valence-corrected chi connectivity index (χ1v) is 10.7. The quantitative estimate of drug-likeness (QED) is 0.679. The van der Waals surface area contributed by atoms with Crippen molar-refractivity contribution in [1.29, 1.82) is 0 Å². The summed E-state index contributed by atoms with van der Waals surface area (Å²) in [7, 11) is 0. The number of benzene rings is 1. The van der Waals surface area contributed by atoms with Crippen LogP contribution in [0.25, 0.3) is 0 Å². The third kappa shape index (κ3) is 4.38. The highest BCUT2D eigenvalue weighted by atomic mass is 32.1. The average molecular weight is 402 g/mol. The van der Waals surface area contributed by atoms with Gasteiger partial charge < -0.3 is 14.8 Å². The second-order valence-corrected chi connectivity index (χ2v) is 7.95. The molecule has 0 spiro atoms.